The van der Waals surface area contributed by atoms with E-state index in [9.17, 15) is 19.5 Å². The zero-order valence-corrected chi connectivity index (χ0v) is 17.7. The number of fused-ring (bicyclic) bond motifs is 1. The molecular formula is C19H14BrCl2N3O4. The molecule has 0 bridgehead atoms. The van der Waals surface area contributed by atoms with E-state index in [1.54, 1.807) is 24.3 Å². The summed E-state index contributed by atoms with van der Waals surface area (Å²) in [6.45, 7) is 0.281. The lowest BCUT2D eigenvalue weighted by Gasteiger charge is -2.18. The van der Waals surface area contributed by atoms with Gasteiger partial charge in [-0.05, 0) is 35.9 Å². The Morgan fingerprint density at radius 2 is 1.90 bits per heavy atom. The van der Waals surface area contributed by atoms with Gasteiger partial charge in [-0.1, -0.05) is 45.2 Å². The lowest BCUT2D eigenvalue weighted by molar-refractivity contribution is -0.115. The van der Waals surface area contributed by atoms with Crippen LogP contribution in [0.3, 0.4) is 0 Å². The summed E-state index contributed by atoms with van der Waals surface area (Å²) in [6, 6.07) is 9.68. The number of phenols is 1. The predicted octanol–water partition coefficient (Wildman–Crippen LogP) is 3.30. The van der Waals surface area contributed by atoms with Crippen molar-refractivity contribution in [3.63, 3.8) is 0 Å². The Bertz CT molecular complexity index is 1040. The predicted molar refractivity (Wildman–Crippen MR) is 114 cm³/mol. The highest BCUT2D eigenvalue weighted by molar-refractivity contribution is 9.10. The number of alkyl halides is 2. The van der Waals surface area contributed by atoms with Gasteiger partial charge in [-0.15, -0.1) is 0 Å². The molecule has 0 radical (unpaired) electrons. The van der Waals surface area contributed by atoms with Gasteiger partial charge < -0.3 is 15.7 Å². The Morgan fingerprint density at radius 1 is 1.14 bits per heavy atom. The van der Waals surface area contributed by atoms with Gasteiger partial charge in [0.05, 0.1) is 11.3 Å². The summed E-state index contributed by atoms with van der Waals surface area (Å²) in [5.74, 6) is -1.77. The van der Waals surface area contributed by atoms with Crippen LogP contribution in [0.15, 0.2) is 47.1 Å². The van der Waals surface area contributed by atoms with Crippen LogP contribution >= 0.6 is 39.1 Å². The number of phenolic OH excluding ortho intramolecular Hbond substituents is 1. The lowest BCUT2D eigenvalue weighted by atomic mass is 9.95. The number of carbonyl (C=O) groups excluding carboxylic acids is 3. The molecule has 3 amide bonds. The Labute approximate surface area is 184 Å². The zero-order chi connectivity index (χ0) is 21.1. The van der Waals surface area contributed by atoms with E-state index in [0.29, 0.717) is 22.3 Å². The second-order valence-electron chi connectivity index (χ2n) is 6.05. The first kappa shape index (κ1) is 21.2. The second kappa shape index (κ2) is 8.86. The molecule has 1 heterocycles. The number of hydrogen-bond donors (Lipinski definition) is 4. The average molecular weight is 499 g/mol. The van der Waals surface area contributed by atoms with Gasteiger partial charge in [0.1, 0.15) is 5.75 Å². The number of carbonyl (C=O) groups is 3. The molecule has 29 heavy (non-hydrogen) atoms. The average Bonchev–Trinajstić information content (AvgIpc) is 2.66. The van der Waals surface area contributed by atoms with Gasteiger partial charge in [0.25, 0.3) is 17.7 Å². The van der Waals surface area contributed by atoms with E-state index in [0.717, 1.165) is 4.47 Å². The molecule has 0 fully saturated rings. The van der Waals surface area contributed by atoms with Crippen LogP contribution in [0.5, 0.6) is 5.75 Å². The third kappa shape index (κ3) is 4.90. The Balaban J connectivity index is 1.75. The van der Waals surface area contributed by atoms with Gasteiger partial charge in [0.15, 0.2) is 4.84 Å². The molecule has 0 aliphatic carbocycles. The summed E-state index contributed by atoms with van der Waals surface area (Å²) in [4.78, 5) is 34.4. The number of imide groups is 1. The standard InChI is InChI=1S/C19H14BrCl2N3O4/c20-10-2-3-11-12(6-10)13(18(28)25-17(11)27)8-23-7-9-1-4-14(15(26)5-9)24-19(29)16(21)22/h1-6,8,16,23,26H,7H2,(H,24,29)(H,25,27,28). The van der Waals surface area contributed by atoms with Crippen molar-refractivity contribution in [1.29, 1.82) is 0 Å². The van der Waals surface area contributed by atoms with Crippen molar-refractivity contribution in [2.75, 3.05) is 5.32 Å². The fraction of sp³-hybridized carbons (Fsp3) is 0.105. The first-order chi connectivity index (χ1) is 13.8. The first-order valence-corrected chi connectivity index (χ1v) is 9.93. The number of nitrogens with one attached hydrogen (secondary N) is 3. The Morgan fingerprint density at radius 3 is 2.59 bits per heavy atom. The van der Waals surface area contributed by atoms with Crippen molar-refractivity contribution in [3.8, 4) is 5.75 Å². The zero-order valence-electron chi connectivity index (χ0n) is 14.6. The van der Waals surface area contributed by atoms with Gasteiger partial charge in [0, 0.05) is 28.3 Å². The normalized spacial score (nSPS) is 14.6. The van der Waals surface area contributed by atoms with Crippen molar-refractivity contribution in [2.45, 2.75) is 11.4 Å². The molecule has 0 saturated carbocycles. The molecule has 0 atom stereocenters. The molecule has 7 nitrogen and oxygen atoms in total. The number of amides is 3. The largest absolute Gasteiger partial charge is 0.506 e. The smallest absolute Gasteiger partial charge is 0.260 e. The quantitative estimate of drug-likeness (QED) is 0.219. The SMILES string of the molecule is O=C1NC(=O)c2ccc(Br)cc2C1=CNCc1ccc(NC(=O)C(Cl)Cl)c(O)c1. The maximum Gasteiger partial charge on any atom is 0.260 e. The summed E-state index contributed by atoms with van der Waals surface area (Å²) < 4.78 is 0.739. The molecule has 1 aliphatic rings. The van der Waals surface area contributed by atoms with Crippen molar-refractivity contribution < 1.29 is 19.5 Å². The molecule has 0 unspecified atom stereocenters. The molecule has 0 aromatic heterocycles. The van der Waals surface area contributed by atoms with E-state index in [1.807, 2.05) is 0 Å². The summed E-state index contributed by atoms with van der Waals surface area (Å²) in [7, 11) is 0. The molecule has 4 N–H and O–H groups in total. The molecular weight excluding hydrogens is 485 g/mol. The van der Waals surface area contributed by atoms with E-state index in [4.69, 9.17) is 23.2 Å². The highest BCUT2D eigenvalue weighted by Gasteiger charge is 2.27. The summed E-state index contributed by atoms with van der Waals surface area (Å²) >= 11 is 14.3. The van der Waals surface area contributed by atoms with Crippen LogP contribution in [0.2, 0.25) is 0 Å². The van der Waals surface area contributed by atoms with Gasteiger partial charge in [-0.25, -0.2) is 0 Å². The fourth-order valence-corrected chi connectivity index (χ4v) is 3.16. The monoisotopic (exact) mass is 497 g/mol. The van der Waals surface area contributed by atoms with Crippen molar-refractivity contribution in [2.24, 2.45) is 0 Å². The second-order valence-corrected chi connectivity index (χ2v) is 8.07. The third-order valence-electron chi connectivity index (χ3n) is 4.06. The highest BCUT2D eigenvalue weighted by atomic mass is 79.9. The van der Waals surface area contributed by atoms with Crippen molar-refractivity contribution in [1.82, 2.24) is 10.6 Å². The number of benzene rings is 2. The summed E-state index contributed by atoms with van der Waals surface area (Å²) in [5.41, 5.74) is 2.08. The Hall–Kier alpha value is -2.55. The van der Waals surface area contributed by atoms with Crippen LogP contribution in [-0.2, 0) is 16.1 Å². The molecule has 0 spiro atoms. The minimum absolute atomic E-state index is 0.158. The van der Waals surface area contributed by atoms with Gasteiger partial charge in [-0.3, -0.25) is 19.7 Å². The van der Waals surface area contributed by atoms with Crippen LogP contribution in [0.25, 0.3) is 5.57 Å². The fourth-order valence-electron chi connectivity index (χ4n) is 2.69. The summed E-state index contributed by atoms with van der Waals surface area (Å²) in [5, 5.41) is 17.7. The molecule has 3 rings (SSSR count). The van der Waals surface area contributed by atoms with E-state index < -0.39 is 22.6 Å². The minimum atomic E-state index is -1.25. The lowest BCUT2D eigenvalue weighted by Crippen LogP contribution is -2.37. The number of anilines is 1. The van der Waals surface area contributed by atoms with E-state index in [1.165, 1.54) is 18.3 Å². The van der Waals surface area contributed by atoms with E-state index >= 15 is 0 Å². The van der Waals surface area contributed by atoms with Crippen LogP contribution in [0, 0.1) is 0 Å². The topological polar surface area (TPSA) is 108 Å². The molecule has 0 saturated heterocycles. The molecule has 1 aliphatic heterocycles. The number of aromatic hydroxyl groups is 1. The van der Waals surface area contributed by atoms with E-state index in [2.05, 4.69) is 31.9 Å². The van der Waals surface area contributed by atoms with Crippen LogP contribution in [0.4, 0.5) is 5.69 Å². The van der Waals surface area contributed by atoms with Crippen molar-refractivity contribution in [3.05, 3.63) is 63.8 Å². The molecule has 150 valence electrons. The maximum absolute atomic E-state index is 12.2. The minimum Gasteiger partial charge on any atom is -0.506 e. The van der Waals surface area contributed by atoms with Crippen molar-refractivity contribution >= 4 is 68.1 Å². The highest BCUT2D eigenvalue weighted by Crippen LogP contribution is 2.27. The number of rotatable bonds is 5. The first-order valence-electron chi connectivity index (χ1n) is 8.26. The van der Waals surface area contributed by atoms with Gasteiger partial charge in [-0.2, -0.15) is 0 Å². The van der Waals surface area contributed by atoms with Gasteiger partial charge >= 0.3 is 0 Å². The van der Waals surface area contributed by atoms with Crippen LogP contribution in [-0.4, -0.2) is 27.7 Å². The summed E-state index contributed by atoms with van der Waals surface area (Å²) in [6.07, 6.45) is 1.51. The number of hydrogen-bond acceptors (Lipinski definition) is 5. The maximum atomic E-state index is 12.2. The van der Waals surface area contributed by atoms with E-state index in [-0.39, 0.29) is 18.0 Å². The molecule has 2 aromatic carbocycles. The molecule has 2 aromatic rings. The third-order valence-corrected chi connectivity index (χ3v) is 4.95. The van der Waals surface area contributed by atoms with Crippen LogP contribution in [0.1, 0.15) is 21.5 Å². The Kier molecular flexibility index (Phi) is 6.46. The van der Waals surface area contributed by atoms with Gasteiger partial charge in [0.2, 0.25) is 0 Å². The van der Waals surface area contributed by atoms with Crippen LogP contribution < -0.4 is 16.0 Å². The molecule has 10 heteroatoms. The number of halogens is 3.